The summed E-state index contributed by atoms with van der Waals surface area (Å²) >= 11 is 10.9. The highest BCUT2D eigenvalue weighted by Crippen LogP contribution is 2.21. The van der Waals surface area contributed by atoms with Crippen LogP contribution in [0.25, 0.3) is 0 Å². The van der Waals surface area contributed by atoms with Gasteiger partial charge in [-0.15, -0.1) is 11.3 Å². The van der Waals surface area contributed by atoms with Gasteiger partial charge < -0.3 is 5.32 Å². The van der Waals surface area contributed by atoms with Gasteiger partial charge in [0.25, 0.3) is 0 Å². The fourth-order valence-corrected chi connectivity index (χ4v) is 3.25. The maximum absolute atomic E-state index is 11.9. The minimum absolute atomic E-state index is 0.204. The molecule has 0 fully saturated rings. The third kappa shape index (κ3) is 3.69. The van der Waals surface area contributed by atoms with Crippen molar-refractivity contribution in [2.45, 2.75) is 26.9 Å². The second kappa shape index (κ2) is 6.85. The summed E-state index contributed by atoms with van der Waals surface area (Å²) in [4.78, 5) is 17.0. The van der Waals surface area contributed by atoms with E-state index in [2.05, 4.69) is 26.2 Å². The Morgan fingerprint density at radius 2 is 2.20 bits per heavy atom. The van der Waals surface area contributed by atoms with Crippen LogP contribution in [0.15, 0.2) is 21.4 Å². The van der Waals surface area contributed by atoms with Crippen LogP contribution in [0.2, 0.25) is 4.34 Å². The molecule has 0 aliphatic rings. The van der Waals surface area contributed by atoms with Crippen molar-refractivity contribution < 1.29 is 0 Å². The monoisotopic (exact) mass is 375 g/mol. The third-order valence-electron chi connectivity index (χ3n) is 2.97. The van der Waals surface area contributed by atoms with E-state index in [-0.39, 0.29) is 5.69 Å². The minimum Gasteiger partial charge on any atom is -0.310 e. The van der Waals surface area contributed by atoms with Crippen LogP contribution in [-0.2, 0) is 13.1 Å². The topological polar surface area (TPSA) is 46.9 Å². The molecule has 0 aliphatic heterocycles. The molecule has 2 aromatic rings. The first-order chi connectivity index (χ1) is 9.49. The van der Waals surface area contributed by atoms with Crippen LogP contribution in [0.3, 0.4) is 0 Å². The lowest BCUT2D eigenvalue weighted by Gasteiger charge is -2.12. The molecule has 2 heterocycles. The van der Waals surface area contributed by atoms with Crippen LogP contribution >= 0.6 is 38.9 Å². The maximum atomic E-state index is 11.9. The van der Waals surface area contributed by atoms with Crippen molar-refractivity contribution in [3.05, 3.63) is 47.7 Å². The molecule has 0 atom stereocenters. The highest BCUT2D eigenvalue weighted by molar-refractivity contribution is 9.10. The van der Waals surface area contributed by atoms with E-state index in [1.54, 1.807) is 15.9 Å². The lowest BCUT2D eigenvalue weighted by molar-refractivity contribution is 0.563. The Kier molecular flexibility index (Phi) is 5.37. The molecule has 0 radical (unpaired) electrons. The number of aromatic nitrogens is 2. The van der Waals surface area contributed by atoms with Crippen molar-refractivity contribution in [1.82, 2.24) is 14.9 Å². The molecular weight excluding hydrogens is 362 g/mol. The molecule has 0 spiro atoms. The van der Waals surface area contributed by atoms with Gasteiger partial charge >= 0.3 is 5.69 Å². The summed E-state index contributed by atoms with van der Waals surface area (Å²) in [5.74, 6) is 0. The summed E-state index contributed by atoms with van der Waals surface area (Å²) in [7, 11) is 0. The third-order valence-corrected chi connectivity index (χ3v) is 5.35. The van der Waals surface area contributed by atoms with Crippen molar-refractivity contribution in [2.24, 2.45) is 0 Å². The van der Waals surface area contributed by atoms with Gasteiger partial charge in [-0.2, -0.15) is 4.98 Å². The molecule has 1 N–H and O–H groups in total. The average Bonchev–Trinajstić information content (AvgIpc) is 2.81. The molecule has 0 aliphatic carbocycles. The standard InChI is InChI=1S/C13H15BrClN3OS/c1-8-12(14)9(2)18(13(19)17-8)6-5-16-7-10-3-4-11(15)20-10/h3-4,16H,5-7H2,1-2H3. The molecule has 0 saturated heterocycles. The number of thiophene rings is 1. The molecule has 7 heteroatoms. The second-order valence-electron chi connectivity index (χ2n) is 4.41. The number of halogens is 2. The van der Waals surface area contributed by atoms with E-state index in [0.29, 0.717) is 13.1 Å². The number of nitrogens with one attached hydrogen (secondary N) is 1. The van der Waals surface area contributed by atoms with Gasteiger partial charge in [0.1, 0.15) is 0 Å². The lowest BCUT2D eigenvalue weighted by atomic mass is 10.3. The van der Waals surface area contributed by atoms with E-state index in [4.69, 9.17) is 11.6 Å². The Bertz CT molecular complexity index is 668. The van der Waals surface area contributed by atoms with E-state index < -0.39 is 0 Å². The quantitative estimate of drug-likeness (QED) is 0.816. The molecule has 0 amide bonds. The molecule has 0 saturated carbocycles. The van der Waals surface area contributed by atoms with Gasteiger partial charge in [-0.3, -0.25) is 4.57 Å². The summed E-state index contributed by atoms with van der Waals surface area (Å²) < 4.78 is 3.36. The van der Waals surface area contributed by atoms with E-state index in [1.165, 1.54) is 4.88 Å². The van der Waals surface area contributed by atoms with E-state index in [1.807, 2.05) is 26.0 Å². The van der Waals surface area contributed by atoms with Gasteiger partial charge in [0.05, 0.1) is 14.5 Å². The van der Waals surface area contributed by atoms with Crippen molar-refractivity contribution in [2.75, 3.05) is 6.54 Å². The maximum Gasteiger partial charge on any atom is 0.348 e. The molecule has 108 valence electrons. The SMILES string of the molecule is Cc1nc(=O)n(CCNCc2ccc(Cl)s2)c(C)c1Br. The lowest BCUT2D eigenvalue weighted by Crippen LogP contribution is -2.30. The Hall–Kier alpha value is -0.690. The first-order valence-corrected chi connectivity index (χ1v) is 8.16. The van der Waals surface area contributed by atoms with Gasteiger partial charge in [0, 0.05) is 30.2 Å². The fraction of sp³-hybridized carbons (Fsp3) is 0.385. The summed E-state index contributed by atoms with van der Waals surface area (Å²) in [5.41, 5.74) is 1.43. The number of hydrogen-bond acceptors (Lipinski definition) is 4. The highest BCUT2D eigenvalue weighted by atomic mass is 79.9. The Morgan fingerprint density at radius 1 is 1.45 bits per heavy atom. The average molecular weight is 377 g/mol. The molecule has 2 aromatic heterocycles. The van der Waals surface area contributed by atoms with Gasteiger partial charge in [0.2, 0.25) is 0 Å². The highest BCUT2D eigenvalue weighted by Gasteiger charge is 2.08. The van der Waals surface area contributed by atoms with Crippen LogP contribution in [0.1, 0.15) is 16.3 Å². The first kappa shape index (κ1) is 15.7. The van der Waals surface area contributed by atoms with Gasteiger partial charge in [-0.1, -0.05) is 11.6 Å². The van der Waals surface area contributed by atoms with Crippen LogP contribution in [0.5, 0.6) is 0 Å². The summed E-state index contributed by atoms with van der Waals surface area (Å²) in [5, 5.41) is 3.30. The number of nitrogens with zero attached hydrogens (tertiary/aromatic N) is 2. The molecular formula is C13H15BrClN3OS. The Morgan fingerprint density at radius 3 is 2.85 bits per heavy atom. The number of aryl methyl sites for hydroxylation is 1. The summed E-state index contributed by atoms with van der Waals surface area (Å²) in [6.07, 6.45) is 0. The molecule has 4 nitrogen and oxygen atoms in total. The fourth-order valence-electron chi connectivity index (χ4n) is 1.89. The van der Waals surface area contributed by atoms with Crippen molar-refractivity contribution in [3.63, 3.8) is 0 Å². The van der Waals surface area contributed by atoms with Crippen LogP contribution in [0.4, 0.5) is 0 Å². The van der Waals surface area contributed by atoms with Gasteiger partial charge in [0.15, 0.2) is 0 Å². The van der Waals surface area contributed by atoms with E-state index in [0.717, 1.165) is 26.7 Å². The Balaban J connectivity index is 1.95. The Labute approximate surface area is 134 Å². The normalized spacial score (nSPS) is 11.0. The van der Waals surface area contributed by atoms with Gasteiger partial charge in [-0.05, 0) is 41.9 Å². The summed E-state index contributed by atoms with van der Waals surface area (Å²) in [6, 6.07) is 3.89. The van der Waals surface area contributed by atoms with Crippen LogP contribution in [0, 0.1) is 13.8 Å². The number of rotatable bonds is 5. The molecule has 0 aromatic carbocycles. The summed E-state index contributed by atoms with van der Waals surface area (Å²) in [6.45, 7) is 5.79. The van der Waals surface area contributed by atoms with Crippen molar-refractivity contribution in [1.29, 1.82) is 0 Å². The van der Waals surface area contributed by atoms with E-state index in [9.17, 15) is 4.79 Å². The molecule has 20 heavy (non-hydrogen) atoms. The minimum atomic E-state index is -0.204. The van der Waals surface area contributed by atoms with Crippen LogP contribution in [-0.4, -0.2) is 16.1 Å². The number of hydrogen-bond donors (Lipinski definition) is 1. The zero-order valence-corrected chi connectivity index (χ0v) is 14.4. The molecule has 0 unspecified atom stereocenters. The van der Waals surface area contributed by atoms with Crippen LogP contribution < -0.4 is 11.0 Å². The van der Waals surface area contributed by atoms with Gasteiger partial charge in [-0.25, -0.2) is 4.79 Å². The zero-order valence-electron chi connectivity index (χ0n) is 11.2. The predicted molar refractivity (Wildman–Crippen MR) is 86.7 cm³/mol. The smallest absolute Gasteiger partial charge is 0.310 e. The molecule has 0 bridgehead atoms. The molecule has 2 rings (SSSR count). The largest absolute Gasteiger partial charge is 0.348 e. The van der Waals surface area contributed by atoms with Crippen molar-refractivity contribution >= 4 is 38.9 Å². The zero-order chi connectivity index (χ0) is 14.7. The van der Waals surface area contributed by atoms with Crippen molar-refractivity contribution in [3.8, 4) is 0 Å². The predicted octanol–water partition coefficient (Wildman–Crippen LogP) is 3.13. The van der Waals surface area contributed by atoms with E-state index >= 15 is 0 Å². The first-order valence-electron chi connectivity index (χ1n) is 6.17. The second-order valence-corrected chi connectivity index (χ2v) is 7.01.